The third kappa shape index (κ3) is 7.28. The number of piperazine rings is 1. The van der Waals surface area contributed by atoms with Gasteiger partial charge in [-0.2, -0.15) is 0 Å². The van der Waals surface area contributed by atoms with E-state index in [1.54, 1.807) is 29.2 Å². The largest absolute Gasteiger partial charge is 0.465 e. The Balaban J connectivity index is 1.58. The van der Waals surface area contributed by atoms with Crippen LogP contribution in [0.25, 0.3) is 0 Å². The molecular formula is C24H34N4O5. The molecule has 3 amide bonds. The molecule has 0 aliphatic carbocycles. The maximum absolute atomic E-state index is 12.7. The number of piperidine rings is 1. The highest BCUT2D eigenvalue weighted by Gasteiger charge is 2.33. The molecule has 33 heavy (non-hydrogen) atoms. The molecule has 1 unspecified atom stereocenters. The molecule has 2 aliphatic rings. The minimum absolute atomic E-state index is 0.0292. The minimum atomic E-state index is -0.754. The highest BCUT2D eigenvalue weighted by Crippen LogP contribution is 2.17. The van der Waals surface area contributed by atoms with E-state index < -0.39 is 12.0 Å². The van der Waals surface area contributed by atoms with Gasteiger partial charge in [0.05, 0.1) is 19.6 Å². The van der Waals surface area contributed by atoms with Gasteiger partial charge >= 0.3 is 5.97 Å². The molecule has 180 valence electrons. The van der Waals surface area contributed by atoms with E-state index in [9.17, 15) is 19.2 Å². The quantitative estimate of drug-likeness (QED) is 0.574. The summed E-state index contributed by atoms with van der Waals surface area (Å²) in [6.07, 6.45) is 3.06. The molecule has 3 rings (SSSR count). The molecule has 2 fully saturated rings. The molecule has 2 aliphatic heterocycles. The van der Waals surface area contributed by atoms with Crippen molar-refractivity contribution in [3.63, 3.8) is 0 Å². The van der Waals surface area contributed by atoms with Crippen molar-refractivity contribution >= 4 is 29.4 Å². The standard InChI is InChI=1S/C24H34N4O5/c1-17(2)16-33-22(30)14-20-23(31)25-9-12-28(20)15-21(29)26-19-8-6-7-18(13-19)24(32)27-10-4-3-5-11-27/h6-8,13,17,20H,3-5,9-12,14-16H2,1-2H3,(H,25,31)(H,26,29). The SMILES string of the molecule is CC(C)COC(=O)CC1C(=O)NCCN1CC(=O)Nc1cccc(C(=O)N2CCCCC2)c1. The number of nitrogens with zero attached hydrogens (tertiary/aromatic N) is 2. The first-order valence-corrected chi connectivity index (χ1v) is 11.7. The fourth-order valence-electron chi connectivity index (χ4n) is 4.04. The second-order valence-corrected chi connectivity index (χ2v) is 9.04. The molecule has 0 spiro atoms. The van der Waals surface area contributed by atoms with Gasteiger partial charge in [0, 0.05) is 37.4 Å². The van der Waals surface area contributed by atoms with Crippen LogP contribution in [-0.2, 0) is 19.1 Å². The Morgan fingerprint density at radius 3 is 2.64 bits per heavy atom. The second-order valence-electron chi connectivity index (χ2n) is 9.04. The molecule has 1 atom stereocenters. The number of hydrogen-bond donors (Lipinski definition) is 2. The lowest BCUT2D eigenvalue weighted by atomic mass is 10.1. The van der Waals surface area contributed by atoms with E-state index in [1.165, 1.54) is 0 Å². The van der Waals surface area contributed by atoms with Gasteiger partial charge in [-0.25, -0.2) is 0 Å². The topological polar surface area (TPSA) is 108 Å². The van der Waals surface area contributed by atoms with E-state index in [0.29, 0.717) is 30.9 Å². The molecular weight excluding hydrogens is 424 g/mol. The van der Waals surface area contributed by atoms with E-state index >= 15 is 0 Å². The van der Waals surface area contributed by atoms with Gasteiger partial charge in [-0.3, -0.25) is 24.1 Å². The first-order valence-electron chi connectivity index (χ1n) is 11.7. The maximum atomic E-state index is 12.7. The predicted molar refractivity (Wildman–Crippen MR) is 124 cm³/mol. The molecule has 2 heterocycles. The Morgan fingerprint density at radius 1 is 1.15 bits per heavy atom. The number of amides is 3. The summed E-state index contributed by atoms with van der Waals surface area (Å²) in [4.78, 5) is 53.5. The van der Waals surface area contributed by atoms with Crippen molar-refractivity contribution in [1.82, 2.24) is 15.1 Å². The third-order valence-corrected chi connectivity index (χ3v) is 5.76. The maximum Gasteiger partial charge on any atom is 0.307 e. The van der Waals surface area contributed by atoms with Crippen LogP contribution in [0.4, 0.5) is 5.69 Å². The number of nitrogens with one attached hydrogen (secondary N) is 2. The Labute approximate surface area is 194 Å². The molecule has 0 radical (unpaired) electrons. The molecule has 2 N–H and O–H groups in total. The van der Waals surface area contributed by atoms with E-state index in [0.717, 1.165) is 32.4 Å². The number of anilines is 1. The molecule has 0 aromatic heterocycles. The molecule has 9 nitrogen and oxygen atoms in total. The smallest absolute Gasteiger partial charge is 0.307 e. The lowest BCUT2D eigenvalue weighted by Gasteiger charge is -2.33. The summed E-state index contributed by atoms with van der Waals surface area (Å²) in [6, 6.07) is 6.15. The van der Waals surface area contributed by atoms with Crippen LogP contribution in [0.1, 0.15) is 49.9 Å². The lowest BCUT2D eigenvalue weighted by molar-refractivity contribution is -0.149. The number of carbonyl (C=O) groups excluding carboxylic acids is 4. The molecule has 1 aromatic carbocycles. The van der Waals surface area contributed by atoms with E-state index in [-0.39, 0.29) is 36.6 Å². The Hall–Kier alpha value is -2.94. The van der Waals surface area contributed by atoms with E-state index in [1.807, 2.05) is 18.7 Å². The van der Waals surface area contributed by atoms with Crippen LogP contribution < -0.4 is 10.6 Å². The summed E-state index contributed by atoms with van der Waals surface area (Å²) in [5.74, 6) is -0.885. The first kappa shape index (κ1) is 24.7. The Morgan fingerprint density at radius 2 is 1.91 bits per heavy atom. The summed E-state index contributed by atoms with van der Waals surface area (Å²) in [6.45, 7) is 6.50. The summed E-state index contributed by atoms with van der Waals surface area (Å²) in [7, 11) is 0. The van der Waals surface area contributed by atoms with Gasteiger partial charge < -0.3 is 20.3 Å². The summed E-state index contributed by atoms with van der Waals surface area (Å²) in [5, 5.41) is 5.56. The van der Waals surface area contributed by atoms with Gasteiger partial charge in [-0.1, -0.05) is 19.9 Å². The summed E-state index contributed by atoms with van der Waals surface area (Å²) < 4.78 is 5.21. The van der Waals surface area contributed by atoms with Crippen molar-refractivity contribution in [2.45, 2.75) is 45.6 Å². The van der Waals surface area contributed by atoms with Crippen LogP contribution in [0.15, 0.2) is 24.3 Å². The number of esters is 1. The molecule has 9 heteroatoms. The van der Waals surface area contributed by atoms with E-state index in [2.05, 4.69) is 10.6 Å². The normalized spacial score (nSPS) is 19.2. The van der Waals surface area contributed by atoms with Gasteiger partial charge in [-0.05, 0) is 43.4 Å². The van der Waals surface area contributed by atoms with Crippen molar-refractivity contribution < 1.29 is 23.9 Å². The van der Waals surface area contributed by atoms with Gasteiger partial charge in [0.2, 0.25) is 11.8 Å². The van der Waals surface area contributed by atoms with Gasteiger partial charge in [0.1, 0.15) is 6.04 Å². The monoisotopic (exact) mass is 458 g/mol. The third-order valence-electron chi connectivity index (χ3n) is 5.76. The first-order chi connectivity index (χ1) is 15.8. The average Bonchev–Trinajstić information content (AvgIpc) is 2.80. The highest BCUT2D eigenvalue weighted by atomic mass is 16.5. The predicted octanol–water partition coefficient (Wildman–Crippen LogP) is 1.64. The van der Waals surface area contributed by atoms with Gasteiger partial charge in [0.25, 0.3) is 5.91 Å². The van der Waals surface area contributed by atoms with Crippen molar-refractivity contribution in [3.05, 3.63) is 29.8 Å². The van der Waals surface area contributed by atoms with Crippen molar-refractivity contribution in [2.24, 2.45) is 5.92 Å². The van der Waals surface area contributed by atoms with Crippen LogP contribution >= 0.6 is 0 Å². The fraction of sp³-hybridized carbons (Fsp3) is 0.583. The highest BCUT2D eigenvalue weighted by molar-refractivity contribution is 5.98. The van der Waals surface area contributed by atoms with Crippen LogP contribution in [-0.4, -0.2) is 78.9 Å². The zero-order chi connectivity index (χ0) is 23.8. The van der Waals surface area contributed by atoms with Crippen molar-refractivity contribution in [2.75, 3.05) is 44.6 Å². The van der Waals surface area contributed by atoms with Gasteiger partial charge in [-0.15, -0.1) is 0 Å². The lowest BCUT2D eigenvalue weighted by Crippen LogP contribution is -2.57. The summed E-state index contributed by atoms with van der Waals surface area (Å²) in [5.41, 5.74) is 1.06. The van der Waals surface area contributed by atoms with E-state index in [4.69, 9.17) is 4.74 Å². The minimum Gasteiger partial charge on any atom is -0.465 e. The van der Waals surface area contributed by atoms with Gasteiger partial charge in [0.15, 0.2) is 0 Å². The van der Waals surface area contributed by atoms with Crippen LogP contribution in [0.5, 0.6) is 0 Å². The number of carbonyl (C=O) groups is 4. The summed E-state index contributed by atoms with van der Waals surface area (Å²) >= 11 is 0. The molecule has 0 bridgehead atoms. The molecule has 1 aromatic rings. The number of benzene rings is 1. The van der Waals surface area contributed by atoms with Crippen molar-refractivity contribution in [1.29, 1.82) is 0 Å². The zero-order valence-electron chi connectivity index (χ0n) is 19.5. The molecule has 0 saturated carbocycles. The number of likely N-dealkylation sites (tertiary alicyclic amines) is 1. The zero-order valence-corrected chi connectivity index (χ0v) is 19.5. The fourth-order valence-corrected chi connectivity index (χ4v) is 4.04. The Kier molecular flexibility index (Phi) is 8.82. The van der Waals surface area contributed by atoms with Crippen LogP contribution in [0, 0.1) is 5.92 Å². The average molecular weight is 459 g/mol. The molecule has 2 saturated heterocycles. The van der Waals surface area contributed by atoms with Crippen LogP contribution in [0.2, 0.25) is 0 Å². The Bertz CT molecular complexity index is 866. The van der Waals surface area contributed by atoms with Crippen LogP contribution in [0.3, 0.4) is 0 Å². The number of ether oxygens (including phenoxy) is 1. The second kappa shape index (κ2) is 11.8. The number of rotatable bonds is 8. The number of hydrogen-bond acceptors (Lipinski definition) is 6. The van der Waals surface area contributed by atoms with Crippen molar-refractivity contribution in [3.8, 4) is 0 Å².